The molecular formula is C12H7F4NO3. The lowest BCUT2D eigenvalue weighted by Crippen LogP contribution is -2.06. The summed E-state index contributed by atoms with van der Waals surface area (Å²) in [5.74, 6) is -7.89. The SMILES string of the molecule is O=C(O)c1ccc(CNc2c(F)c(F)cc(F)c2F)o1. The lowest BCUT2D eigenvalue weighted by Gasteiger charge is -2.08. The van der Waals surface area contributed by atoms with Gasteiger partial charge in [-0.15, -0.1) is 0 Å². The first-order valence-corrected chi connectivity index (χ1v) is 5.29. The number of carbonyl (C=O) groups is 1. The van der Waals surface area contributed by atoms with Crippen molar-refractivity contribution in [2.75, 3.05) is 5.32 Å². The summed E-state index contributed by atoms with van der Waals surface area (Å²) >= 11 is 0. The van der Waals surface area contributed by atoms with Crippen LogP contribution in [0.1, 0.15) is 16.3 Å². The van der Waals surface area contributed by atoms with Crippen molar-refractivity contribution in [1.82, 2.24) is 0 Å². The Labute approximate surface area is 109 Å². The molecule has 0 spiro atoms. The minimum Gasteiger partial charge on any atom is -0.475 e. The first kappa shape index (κ1) is 13.9. The van der Waals surface area contributed by atoms with Crippen molar-refractivity contribution < 1.29 is 31.9 Å². The van der Waals surface area contributed by atoms with Crippen molar-refractivity contribution in [2.45, 2.75) is 6.54 Å². The molecule has 0 unspecified atom stereocenters. The summed E-state index contributed by atoms with van der Waals surface area (Å²) in [7, 11) is 0. The van der Waals surface area contributed by atoms with E-state index in [1.807, 2.05) is 0 Å². The molecule has 0 saturated carbocycles. The second-order valence-electron chi connectivity index (χ2n) is 3.77. The van der Waals surface area contributed by atoms with E-state index >= 15 is 0 Å². The van der Waals surface area contributed by atoms with Gasteiger partial charge < -0.3 is 14.8 Å². The smallest absolute Gasteiger partial charge is 0.371 e. The highest BCUT2D eigenvalue weighted by Gasteiger charge is 2.19. The topological polar surface area (TPSA) is 62.5 Å². The number of anilines is 1. The molecule has 0 fully saturated rings. The van der Waals surface area contributed by atoms with Gasteiger partial charge >= 0.3 is 5.97 Å². The first-order valence-electron chi connectivity index (χ1n) is 5.29. The second kappa shape index (κ2) is 5.24. The fraction of sp³-hybridized carbons (Fsp3) is 0.0833. The van der Waals surface area contributed by atoms with Crippen LogP contribution in [0.25, 0.3) is 0 Å². The number of hydrogen-bond donors (Lipinski definition) is 2. The molecular weight excluding hydrogens is 282 g/mol. The minimum absolute atomic E-state index is 0.0332. The molecule has 8 heteroatoms. The number of hydrogen-bond acceptors (Lipinski definition) is 3. The van der Waals surface area contributed by atoms with Gasteiger partial charge in [-0.1, -0.05) is 0 Å². The van der Waals surface area contributed by atoms with E-state index in [0.29, 0.717) is 0 Å². The number of aromatic carboxylic acids is 1. The van der Waals surface area contributed by atoms with E-state index in [0.717, 1.165) is 6.07 Å². The Morgan fingerprint density at radius 1 is 1.15 bits per heavy atom. The maximum absolute atomic E-state index is 13.3. The van der Waals surface area contributed by atoms with Gasteiger partial charge in [0.2, 0.25) is 5.76 Å². The number of nitrogens with one attached hydrogen (secondary N) is 1. The maximum atomic E-state index is 13.3. The van der Waals surface area contributed by atoms with E-state index in [-0.39, 0.29) is 24.1 Å². The van der Waals surface area contributed by atoms with Crippen LogP contribution in [0.4, 0.5) is 23.2 Å². The highest BCUT2D eigenvalue weighted by molar-refractivity contribution is 5.84. The van der Waals surface area contributed by atoms with Crippen LogP contribution in [0.15, 0.2) is 22.6 Å². The molecule has 0 atom stereocenters. The summed E-state index contributed by atoms with van der Waals surface area (Å²) in [4.78, 5) is 10.6. The fourth-order valence-electron chi connectivity index (χ4n) is 1.49. The van der Waals surface area contributed by atoms with Crippen molar-refractivity contribution in [3.8, 4) is 0 Å². The van der Waals surface area contributed by atoms with Crippen LogP contribution in [-0.4, -0.2) is 11.1 Å². The molecule has 0 aliphatic heterocycles. The Hall–Kier alpha value is -2.51. The van der Waals surface area contributed by atoms with Gasteiger partial charge in [0, 0.05) is 6.07 Å². The molecule has 0 bridgehead atoms. The van der Waals surface area contributed by atoms with Gasteiger partial charge in [-0.25, -0.2) is 22.4 Å². The third-order valence-electron chi connectivity index (χ3n) is 2.42. The summed E-state index contributed by atoms with van der Waals surface area (Å²) in [6, 6.07) is 2.48. The third kappa shape index (κ3) is 2.58. The molecule has 0 aliphatic carbocycles. The molecule has 1 aromatic heterocycles. The zero-order valence-corrected chi connectivity index (χ0v) is 9.71. The van der Waals surface area contributed by atoms with E-state index < -0.39 is 34.9 Å². The van der Waals surface area contributed by atoms with Crippen molar-refractivity contribution >= 4 is 11.7 Å². The van der Waals surface area contributed by atoms with Gasteiger partial charge in [0.05, 0.1) is 6.54 Å². The Balaban J connectivity index is 2.20. The molecule has 0 saturated heterocycles. The molecule has 2 rings (SSSR count). The Bertz CT molecular complexity index is 643. The van der Waals surface area contributed by atoms with E-state index in [1.165, 1.54) is 6.07 Å². The lowest BCUT2D eigenvalue weighted by atomic mass is 10.2. The van der Waals surface area contributed by atoms with Crippen LogP contribution in [0.3, 0.4) is 0 Å². The lowest BCUT2D eigenvalue weighted by molar-refractivity contribution is 0.0660. The zero-order chi connectivity index (χ0) is 14.9. The molecule has 2 aromatic rings. The van der Waals surface area contributed by atoms with E-state index in [1.54, 1.807) is 0 Å². The second-order valence-corrected chi connectivity index (χ2v) is 3.77. The van der Waals surface area contributed by atoms with E-state index in [4.69, 9.17) is 9.52 Å². The summed E-state index contributed by atoms with van der Waals surface area (Å²) in [6.45, 7) is -0.343. The first-order chi connectivity index (χ1) is 9.40. The standard InChI is InChI=1S/C12H7F4NO3/c13-6-3-7(14)10(16)11(9(6)15)17-4-5-1-2-8(20-5)12(18)19/h1-3,17H,4H2,(H,18,19). The number of halogens is 4. The number of carboxylic acids is 1. The monoisotopic (exact) mass is 289 g/mol. The van der Waals surface area contributed by atoms with Crippen LogP contribution in [0.5, 0.6) is 0 Å². The van der Waals surface area contributed by atoms with Crippen molar-refractivity contribution in [1.29, 1.82) is 0 Å². The summed E-state index contributed by atoms with van der Waals surface area (Å²) in [5, 5.41) is 10.7. The van der Waals surface area contributed by atoms with Gasteiger partial charge in [-0.3, -0.25) is 0 Å². The summed E-state index contributed by atoms with van der Waals surface area (Å²) in [5.41, 5.74) is -0.990. The molecule has 2 N–H and O–H groups in total. The third-order valence-corrected chi connectivity index (χ3v) is 2.42. The van der Waals surface area contributed by atoms with Gasteiger partial charge in [0.15, 0.2) is 23.3 Å². The molecule has 106 valence electrons. The molecule has 20 heavy (non-hydrogen) atoms. The average Bonchev–Trinajstić information content (AvgIpc) is 2.85. The van der Waals surface area contributed by atoms with Crippen molar-refractivity contribution in [3.05, 3.63) is 53.0 Å². The summed E-state index contributed by atoms with van der Waals surface area (Å²) < 4.78 is 57.3. The predicted octanol–water partition coefficient (Wildman–Crippen LogP) is 3.15. The minimum atomic E-state index is -1.58. The molecule has 0 amide bonds. The van der Waals surface area contributed by atoms with Crippen LogP contribution < -0.4 is 5.32 Å². The van der Waals surface area contributed by atoms with Crippen molar-refractivity contribution in [3.63, 3.8) is 0 Å². The normalized spacial score (nSPS) is 10.6. The van der Waals surface area contributed by atoms with Gasteiger partial charge in [0.1, 0.15) is 11.4 Å². The Kier molecular flexibility index (Phi) is 3.64. The highest BCUT2D eigenvalue weighted by atomic mass is 19.2. The quantitative estimate of drug-likeness (QED) is 0.670. The zero-order valence-electron chi connectivity index (χ0n) is 9.71. The van der Waals surface area contributed by atoms with Crippen LogP contribution in [0.2, 0.25) is 0 Å². The predicted molar refractivity (Wildman–Crippen MR) is 59.3 cm³/mol. The highest BCUT2D eigenvalue weighted by Crippen LogP contribution is 2.24. The number of furan rings is 1. The number of rotatable bonds is 4. The van der Waals surface area contributed by atoms with Crippen LogP contribution >= 0.6 is 0 Å². The Morgan fingerprint density at radius 2 is 1.75 bits per heavy atom. The van der Waals surface area contributed by atoms with E-state index in [2.05, 4.69) is 5.32 Å². The van der Waals surface area contributed by atoms with E-state index in [9.17, 15) is 22.4 Å². The molecule has 0 aliphatic rings. The van der Waals surface area contributed by atoms with Crippen molar-refractivity contribution in [2.24, 2.45) is 0 Å². The molecule has 4 nitrogen and oxygen atoms in total. The van der Waals surface area contributed by atoms with Gasteiger partial charge in [0.25, 0.3) is 0 Å². The maximum Gasteiger partial charge on any atom is 0.371 e. The number of benzene rings is 1. The van der Waals surface area contributed by atoms with Crippen LogP contribution in [0, 0.1) is 23.3 Å². The molecule has 1 aromatic carbocycles. The molecule has 0 radical (unpaired) electrons. The number of carboxylic acid groups (broad SMARTS) is 1. The van der Waals surface area contributed by atoms with Gasteiger partial charge in [-0.05, 0) is 12.1 Å². The summed E-state index contributed by atoms with van der Waals surface area (Å²) in [6.07, 6.45) is 0. The fourth-order valence-corrected chi connectivity index (χ4v) is 1.49. The average molecular weight is 289 g/mol. The molecule has 1 heterocycles. The largest absolute Gasteiger partial charge is 0.475 e. The van der Waals surface area contributed by atoms with Crippen LogP contribution in [-0.2, 0) is 6.54 Å². The van der Waals surface area contributed by atoms with Gasteiger partial charge in [-0.2, -0.15) is 0 Å². The Morgan fingerprint density at radius 3 is 2.25 bits per heavy atom.